The van der Waals surface area contributed by atoms with Crippen LogP contribution in [0.15, 0.2) is 67.0 Å². The second kappa shape index (κ2) is 11.7. The van der Waals surface area contributed by atoms with Crippen molar-refractivity contribution in [2.45, 2.75) is 44.2 Å². The van der Waals surface area contributed by atoms with Crippen LogP contribution < -0.4 is 10.6 Å². The van der Waals surface area contributed by atoms with Gasteiger partial charge in [-0.25, -0.2) is 13.1 Å². The zero-order valence-corrected chi connectivity index (χ0v) is 22.9. The molecule has 10 heteroatoms. The van der Waals surface area contributed by atoms with Crippen LogP contribution in [0.2, 0.25) is 0 Å². The van der Waals surface area contributed by atoms with Gasteiger partial charge in [-0.1, -0.05) is 29.8 Å². The molecular weight excluding hydrogens is 514 g/mol. The lowest BCUT2D eigenvalue weighted by Crippen LogP contribution is -2.53. The average Bonchev–Trinajstić information content (AvgIpc) is 3.49. The Balaban J connectivity index is 1.18. The number of carbonyl (C=O) groups is 2. The minimum Gasteiger partial charge on any atom is -0.340 e. The van der Waals surface area contributed by atoms with Crippen molar-refractivity contribution in [2.75, 3.05) is 31.1 Å². The Morgan fingerprint density at radius 3 is 2.44 bits per heavy atom. The standard InChI is InChI=1S/C29H35N5O4S/c1-21-5-7-22(8-6-21)25-20-27(25)30-13-2-4-26(29(36)33-16-18-39(37,38)19-17-33)32-28(35)23-9-11-24(12-10-23)34-15-3-14-31-34/h3,5-12,14-15,25-27,30H,2,4,13,16-20H2,1H3,(H,32,35)/t25-,26-,27+/m0/s1. The number of benzene rings is 2. The van der Waals surface area contributed by atoms with Crippen LogP contribution in [0.3, 0.4) is 0 Å². The van der Waals surface area contributed by atoms with Gasteiger partial charge in [-0.05, 0) is 68.6 Å². The Morgan fingerprint density at radius 1 is 1.05 bits per heavy atom. The highest BCUT2D eigenvalue weighted by molar-refractivity contribution is 7.91. The summed E-state index contributed by atoms with van der Waals surface area (Å²) in [5.41, 5.74) is 3.87. The van der Waals surface area contributed by atoms with Gasteiger partial charge >= 0.3 is 0 Å². The highest BCUT2D eigenvalue weighted by atomic mass is 32.2. The highest BCUT2D eigenvalue weighted by Crippen LogP contribution is 2.40. The van der Waals surface area contributed by atoms with E-state index in [1.54, 1.807) is 40.0 Å². The summed E-state index contributed by atoms with van der Waals surface area (Å²) in [5.74, 6) is -0.131. The van der Waals surface area contributed by atoms with E-state index in [0.29, 0.717) is 30.4 Å². The summed E-state index contributed by atoms with van der Waals surface area (Å²) in [6, 6.07) is 17.2. The maximum absolute atomic E-state index is 13.4. The van der Waals surface area contributed by atoms with Crippen LogP contribution in [0.5, 0.6) is 0 Å². The first kappa shape index (κ1) is 27.1. The summed E-state index contributed by atoms with van der Waals surface area (Å²) in [5, 5.41) is 10.7. The smallest absolute Gasteiger partial charge is 0.251 e. The van der Waals surface area contributed by atoms with Crippen LogP contribution in [0.25, 0.3) is 5.69 Å². The second-order valence-corrected chi connectivity index (χ2v) is 12.8. The molecule has 0 radical (unpaired) electrons. The van der Waals surface area contributed by atoms with Crippen molar-refractivity contribution in [3.05, 3.63) is 83.7 Å². The second-order valence-electron chi connectivity index (χ2n) is 10.5. The lowest BCUT2D eigenvalue weighted by Gasteiger charge is -2.30. The van der Waals surface area contributed by atoms with Crippen molar-refractivity contribution >= 4 is 21.7 Å². The van der Waals surface area contributed by atoms with Crippen LogP contribution in [0.1, 0.15) is 46.7 Å². The van der Waals surface area contributed by atoms with E-state index in [9.17, 15) is 18.0 Å². The minimum atomic E-state index is -3.12. The molecule has 5 rings (SSSR count). The van der Waals surface area contributed by atoms with E-state index in [0.717, 1.165) is 18.7 Å². The normalized spacial score (nSPS) is 20.8. The van der Waals surface area contributed by atoms with E-state index >= 15 is 0 Å². The molecule has 2 aliphatic rings. The van der Waals surface area contributed by atoms with Crippen LogP contribution in [-0.4, -0.2) is 78.1 Å². The summed E-state index contributed by atoms with van der Waals surface area (Å²) in [4.78, 5) is 28.0. The van der Waals surface area contributed by atoms with Gasteiger partial charge in [0.1, 0.15) is 6.04 Å². The molecule has 3 atom stereocenters. The van der Waals surface area contributed by atoms with Crippen LogP contribution in [-0.2, 0) is 14.6 Å². The highest BCUT2D eigenvalue weighted by Gasteiger charge is 2.37. The molecule has 1 aliphatic heterocycles. The Hall–Kier alpha value is -3.50. The van der Waals surface area contributed by atoms with E-state index < -0.39 is 15.9 Å². The van der Waals surface area contributed by atoms with Crippen molar-refractivity contribution in [3.8, 4) is 5.69 Å². The molecular formula is C29H35N5O4S. The molecule has 2 aromatic carbocycles. The quantitative estimate of drug-likeness (QED) is 0.376. The maximum atomic E-state index is 13.4. The zero-order valence-electron chi connectivity index (χ0n) is 22.1. The molecule has 0 unspecified atom stereocenters. The molecule has 206 valence electrons. The fourth-order valence-electron chi connectivity index (χ4n) is 5.04. The van der Waals surface area contributed by atoms with Gasteiger partial charge in [0.25, 0.3) is 5.91 Å². The van der Waals surface area contributed by atoms with E-state index in [4.69, 9.17) is 0 Å². The molecule has 2 amide bonds. The summed E-state index contributed by atoms with van der Waals surface area (Å²) >= 11 is 0. The predicted molar refractivity (Wildman–Crippen MR) is 150 cm³/mol. The van der Waals surface area contributed by atoms with E-state index in [2.05, 4.69) is 46.9 Å². The Kier molecular flexibility index (Phi) is 8.13. The molecule has 1 saturated carbocycles. The summed E-state index contributed by atoms with van der Waals surface area (Å²) in [7, 11) is -3.12. The first-order valence-electron chi connectivity index (χ1n) is 13.5. The molecule has 2 fully saturated rings. The average molecular weight is 550 g/mol. The number of rotatable bonds is 10. The fraction of sp³-hybridized carbons (Fsp3) is 0.414. The molecule has 1 saturated heterocycles. The van der Waals surface area contributed by atoms with Crippen LogP contribution in [0.4, 0.5) is 0 Å². The van der Waals surface area contributed by atoms with Crippen LogP contribution >= 0.6 is 0 Å². The third-order valence-electron chi connectivity index (χ3n) is 7.53. The molecule has 2 heterocycles. The largest absolute Gasteiger partial charge is 0.340 e. The number of hydrogen-bond acceptors (Lipinski definition) is 6. The van der Waals surface area contributed by atoms with E-state index in [1.165, 1.54) is 11.1 Å². The minimum absolute atomic E-state index is 0.0437. The number of sulfone groups is 1. The molecule has 3 aromatic rings. The molecule has 1 aliphatic carbocycles. The van der Waals surface area contributed by atoms with Crippen molar-refractivity contribution in [2.24, 2.45) is 0 Å². The number of nitrogens with zero attached hydrogens (tertiary/aromatic N) is 3. The van der Waals surface area contributed by atoms with Gasteiger partial charge in [0.05, 0.1) is 17.2 Å². The predicted octanol–water partition coefficient (Wildman–Crippen LogP) is 2.46. The van der Waals surface area contributed by atoms with Gasteiger partial charge in [0, 0.05) is 43.0 Å². The number of hydrogen-bond donors (Lipinski definition) is 2. The Labute approximate surface area is 229 Å². The molecule has 39 heavy (non-hydrogen) atoms. The Bertz CT molecular complexity index is 1370. The van der Waals surface area contributed by atoms with Crippen molar-refractivity contribution in [1.82, 2.24) is 25.3 Å². The van der Waals surface area contributed by atoms with E-state index in [-0.39, 0.29) is 36.4 Å². The number of nitrogens with one attached hydrogen (secondary N) is 2. The van der Waals surface area contributed by atoms with Crippen molar-refractivity contribution in [3.63, 3.8) is 0 Å². The first-order valence-corrected chi connectivity index (χ1v) is 15.3. The monoisotopic (exact) mass is 549 g/mol. The SMILES string of the molecule is Cc1ccc([C@@H]2C[C@H]2NCCC[C@H](NC(=O)c2ccc(-n3cccn3)cc2)C(=O)N2CCS(=O)(=O)CC2)cc1. The fourth-order valence-corrected chi connectivity index (χ4v) is 6.24. The van der Waals surface area contributed by atoms with Gasteiger partial charge in [-0.15, -0.1) is 0 Å². The number of aromatic nitrogens is 2. The number of carbonyl (C=O) groups excluding carboxylic acids is 2. The molecule has 0 spiro atoms. The first-order chi connectivity index (χ1) is 18.8. The van der Waals surface area contributed by atoms with Gasteiger partial charge in [-0.2, -0.15) is 5.10 Å². The summed E-state index contributed by atoms with van der Waals surface area (Å²) < 4.78 is 25.4. The summed E-state index contributed by atoms with van der Waals surface area (Å²) in [6.07, 6.45) is 5.77. The van der Waals surface area contributed by atoms with Crippen molar-refractivity contribution < 1.29 is 18.0 Å². The van der Waals surface area contributed by atoms with Gasteiger partial charge in [0.15, 0.2) is 9.84 Å². The number of aryl methyl sites for hydroxylation is 1. The van der Waals surface area contributed by atoms with Gasteiger partial charge in [-0.3, -0.25) is 9.59 Å². The van der Waals surface area contributed by atoms with Crippen molar-refractivity contribution in [1.29, 1.82) is 0 Å². The van der Waals surface area contributed by atoms with E-state index in [1.807, 2.05) is 12.3 Å². The van der Waals surface area contributed by atoms with Gasteiger partial charge in [0.2, 0.25) is 5.91 Å². The molecule has 1 aromatic heterocycles. The molecule has 2 N–H and O–H groups in total. The zero-order chi connectivity index (χ0) is 27.4. The number of amides is 2. The molecule has 9 nitrogen and oxygen atoms in total. The third-order valence-corrected chi connectivity index (χ3v) is 9.14. The van der Waals surface area contributed by atoms with Crippen LogP contribution in [0, 0.1) is 6.92 Å². The lowest BCUT2D eigenvalue weighted by atomic mass is 10.1. The maximum Gasteiger partial charge on any atom is 0.251 e. The Morgan fingerprint density at radius 2 is 1.77 bits per heavy atom. The third kappa shape index (κ3) is 6.93. The van der Waals surface area contributed by atoms with Gasteiger partial charge < -0.3 is 15.5 Å². The topological polar surface area (TPSA) is 113 Å². The summed E-state index contributed by atoms with van der Waals surface area (Å²) in [6.45, 7) is 3.14. The lowest BCUT2D eigenvalue weighted by molar-refractivity contribution is -0.133. The molecule has 0 bridgehead atoms.